The van der Waals surface area contributed by atoms with Crippen LogP contribution in [-0.4, -0.2) is 41.5 Å². The summed E-state index contributed by atoms with van der Waals surface area (Å²) in [5.41, 5.74) is 0.711. The molecule has 0 saturated carbocycles. The van der Waals surface area contributed by atoms with Crippen molar-refractivity contribution in [3.8, 4) is 0 Å². The predicted octanol–water partition coefficient (Wildman–Crippen LogP) is 2.52. The molecule has 1 heterocycles. The number of carbonyl (C=O) groups is 2. The van der Waals surface area contributed by atoms with E-state index in [4.69, 9.17) is 0 Å². The molecule has 0 aliphatic carbocycles. The zero-order valence-electron chi connectivity index (χ0n) is 14.1. The van der Waals surface area contributed by atoms with Crippen LogP contribution in [0.15, 0.2) is 24.3 Å². The molecule has 23 heavy (non-hydrogen) atoms. The number of anilines is 1. The standard InChI is InChI=1S/C18H26N2O3/c1-18(2,3)17(23)19-15-8-4-7-14(10-15)16(22)20-9-5-6-13(11-20)12-21/h4,7-8,10,13,21H,5-6,9,11-12H2,1-3H3,(H,19,23). The van der Waals surface area contributed by atoms with Crippen molar-refractivity contribution in [2.45, 2.75) is 33.6 Å². The van der Waals surface area contributed by atoms with E-state index >= 15 is 0 Å². The number of nitrogens with one attached hydrogen (secondary N) is 1. The maximum absolute atomic E-state index is 12.6. The minimum Gasteiger partial charge on any atom is -0.396 e. The van der Waals surface area contributed by atoms with Gasteiger partial charge >= 0.3 is 0 Å². The molecule has 1 saturated heterocycles. The molecule has 1 atom stereocenters. The van der Waals surface area contributed by atoms with Crippen molar-refractivity contribution < 1.29 is 14.7 Å². The van der Waals surface area contributed by atoms with Crippen LogP contribution in [0.4, 0.5) is 5.69 Å². The van der Waals surface area contributed by atoms with Crippen molar-refractivity contribution in [3.05, 3.63) is 29.8 Å². The number of piperidine rings is 1. The minimum absolute atomic E-state index is 0.0463. The molecule has 1 fully saturated rings. The van der Waals surface area contributed by atoms with E-state index in [1.807, 2.05) is 20.8 Å². The topological polar surface area (TPSA) is 69.6 Å². The lowest BCUT2D eigenvalue weighted by atomic mass is 9.95. The third-order valence-corrected chi connectivity index (χ3v) is 4.11. The summed E-state index contributed by atoms with van der Waals surface area (Å²) in [6.07, 6.45) is 1.87. The van der Waals surface area contributed by atoms with Gasteiger partial charge in [-0.1, -0.05) is 26.8 Å². The Morgan fingerprint density at radius 3 is 2.74 bits per heavy atom. The second kappa shape index (κ2) is 7.13. The van der Waals surface area contributed by atoms with E-state index in [0.29, 0.717) is 24.3 Å². The third kappa shape index (κ3) is 4.55. The van der Waals surface area contributed by atoms with Crippen LogP contribution in [0.25, 0.3) is 0 Å². The quantitative estimate of drug-likeness (QED) is 0.899. The lowest BCUT2D eigenvalue weighted by molar-refractivity contribution is -0.123. The summed E-state index contributed by atoms with van der Waals surface area (Å²) in [5, 5.41) is 12.1. The van der Waals surface area contributed by atoms with Gasteiger partial charge in [0.2, 0.25) is 5.91 Å². The average Bonchev–Trinajstić information content (AvgIpc) is 2.53. The molecule has 0 bridgehead atoms. The largest absolute Gasteiger partial charge is 0.396 e. The lowest BCUT2D eigenvalue weighted by Crippen LogP contribution is -2.41. The van der Waals surface area contributed by atoms with Gasteiger partial charge in [-0.05, 0) is 37.0 Å². The molecule has 2 amide bonds. The summed E-state index contributed by atoms with van der Waals surface area (Å²) in [5.74, 6) is 0.0342. The number of benzene rings is 1. The highest BCUT2D eigenvalue weighted by atomic mass is 16.3. The van der Waals surface area contributed by atoms with Crippen LogP contribution < -0.4 is 5.32 Å². The van der Waals surface area contributed by atoms with E-state index < -0.39 is 5.41 Å². The van der Waals surface area contributed by atoms with Crippen molar-refractivity contribution in [3.63, 3.8) is 0 Å². The first-order chi connectivity index (χ1) is 10.8. The number of carbonyl (C=O) groups excluding carboxylic acids is 2. The Morgan fingerprint density at radius 1 is 1.35 bits per heavy atom. The first-order valence-corrected chi connectivity index (χ1v) is 8.13. The fourth-order valence-corrected chi connectivity index (χ4v) is 2.63. The molecule has 1 aromatic rings. The highest BCUT2D eigenvalue weighted by Gasteiger charge is 2.25. The van der Waals surface area contributed by atoms with Crippen LogP contribution in [-0.2, 0) is 4.79 Å². The predicted molar refractivity (Wildman–Crippen MR) is 90.2 cm³/mol. The fourth-order valence-electron chi connectivity index (χ4n) is 2.63. The number of hydrogen-bond acceptors (Lipinski definition) is 3. The molecular weight excluding hydrogens is 292 g/mol. The highest BCUT2D eigenvalue weighted by Crippen LogP contribution is 2.21. The van der Waals surface area contributed by atoms with Crippen molar-refractivity contribution >= 4 is 17.5 Å². The molecular formula is C18H26N2O3. The summed E-state index contributed by atoms with van der Waals surface area (Å²) < 4.78 is 0. The molecule has 0 radical (unpaired) electrons. The molecule has 126 valence electrons. The van der Waals surface area contributed by atoms with Crippen molar-refractivity contribution in [2.24, 2.45) is 11.3 Å². The van der Waals surface area contributed by atoms with Crippen LogP contribution in [0.2, 0.25) is 0 Å². The van der Waals surface area contributed by atoms with E-state index in [2.05, 4.69) is 5.32 Å². The maximum Gasteiger partial charge on any atom is 0.253 e. The Kier molecular flexibility index (Phi) is 5.42. The van der Waals surface area contributed by atoms with Crippen LogP contribution in [0, 0.1) is 11.3 Å². The summed E-state index contributed by atoms with van der Waals surface area (Å²) >= 11 is 0. The van der Waals surface area contributed by atoms with Crippen LogP contribution >= 0.6 is 0 Å². The summed E-state index contributed by atoms with van der Waals surface area (Å²) in [6.45, 7) is 6.97. The van der Waals surface area contributed by atoms with Gasteiger partial charge in [-0.25, -0.2) is 0 Å². The number of rotatable bonds is 3. The van der Waals surface area contributed by atoms with Gasteiger partial charge in [0.25, 0.3) is 5.91 Å². The summed E-state index contributed by atoms with van der Waals surface area (Å²) in [4.78, 5) is 26.5. The lowest BCUT2D eigenvalue weighted by Gasteiger charge is -2.32. The molecule has 1 aliphatic heterocycles. The first kappa shape index (κ1) is 17.5. The summed E-state index contributed by atoms with van der Waals surface area (Å²) in [7, 11) is 0. The Bertz CT molecular complexity index is 578. The van der Waals surface area contributed by atoms with E-state index in [0.717, 1.165) is 12.8 Å². The molecule has 5 nitrogen and oxygen atoms in total. The van der Waals surface area contributed by atoms with Crippen molar-refractivity contribution in [1.82, 2.24) is 4.90 Å². The number of hydrogen-bond donors (Lipinski definition) is 2. The monoisotopic (exact) mass is 318 g/mol. The molecule has 2 N–H and O–H groups in total. The van der Waals surface area contributed by atoms with Gasteiger partial charge < -0.3 is 15.3 Å². The van der Waals surface area contributed by atoms with E-state index in [1.165, 1.54) is 0 Å². The molecule has 5 heteroatoms. The molecule has 1 aliphatic rings. The van der Waals surface area contributed by atoms with Gasteiger partial charge in [-0.15, -0.1) is 0 Å². The second-order valence-electron chi connectivity index (χ2n) is 7.23. The first-order valence-electron chi connectivity index (χ1n) is 8.13. The second-order valence-corrected chi connectivity index (χ2v) is 7.23. The molecule has 1 unspecified atom stereocenters. The van der Waals surface area contributed by atoms with E-state index in [9.17, 15) is 14.7 Å². The smallest absolute Gasteiger partial charge is 0.253 e. The Labute approximate surface area is 137 Å². The van der Waals surface area contributed by atoms with Gasteiger partial charge in [0.1, 0.15) is 0 Å². The van der Waals surface area contributed by atoms with E-state index in [-0.39, 0.29) is 24.3 Å². The van der Waals surface area contributed by atoms with Gasteiger partial charge in [0.05, 0.1) is 0 Å². The van der Waals surface area contributed by atoms with Crippen molar-refractivity contribution in [1.29, 1.82) is 0 Å². The minimum atomic E-state index is -0.485. The van der Waals surface area contributed by atoms with Crippen LogP contribution in [0.3, 0.4) is 0 Å². The van der Waals surface area contributed by atoms with E-state index in [1.54, 1.807) is 29.2 Å². The third-order valence-electron chi connectivity index (χ3n) is 4.11. The van der Waals surface area contributed by atoms with Gasteiger partial charge in [-0.2, -0.15) is 0 Å². The number of likely N-dealkylation sites (tertiary alicyclic amines) is 1. The number of aliphatic hydroxyl groups is 1. The normalized spacial score (nSPS) is 18.6. The van der Waals surface area contributed by atoms with Crippen molar-refractivity contribution in [2.75, 3.05) is 25.0 Å². The Balaban J connectivity index is 2.10. The Morgan fingerprint density at radius 2 is 2.09 bits per heavy atom. The van der Waals surface area contributed by atoms with Gasteiger partial charge in [0, 0.05) is 36.4 Å². The number of aliphatic hydroxyl groups excluding tert-OH is 1. The van der Waals surface area contributed by atoms with Crippen LogP contribution in [0.1, 0.15) is 44.0 Å². The maximum atomic E-state index is 12.6. The highest BCUT2D eigenvalue weighted by molar-refractivity contribution is 5.98. The Hall–Kier alpha value is -1.88. The SMILES string of the molecule is CC(C)(C)C(=O)Nc1cccc(C(=O)N2CCCC(CO)C2)c1. The summed E-state index contributed by atoms with van der Waals surface area (Å²) in [6, 6.07) is 7.04. The molecule has 1 aromatic carbocycles. The fraction of sp³-hybridized carbons (Fsp3) is 0.556. The van der Waals surface area contributed by atoms with Gasteiger partial charge in [-0.3, -0.25) is 9.59 Å². The molecule has 0 aromatic heterocycles. The van der Waals surface area contributed by atoms with Crippen LogP contribution in [0.5, 0.6) is 0 Å². The molecule has 2 rings (SSSR count). The molecule has 0 spiro atoms. The zero-order valence-corrected chi connectivity index (χ0v) is 14.1. The van der Waals surface area contributed by atoms with Gasteiger partial charge in [0.15, 0.2) is 0 Å². The average molecular weight is 318 g/mol. The zero-order chi connectivity index (χ0) is 17.0. The number of nitrogens with zero attached hydrogens (tertiary/aromatic N) is 1. The number of amides is 2.